The Balaban J connectivity index is 1.99. The minimum absolute atomic E-state index is 0.0872. The largest absolute Gasteiger partial charge is 0.497 e. The number of hydrogen-bond acceptors (Lipinski definition) is 4. The molecule has 0 radical (unpaired) electrons. The number of aromatic nitrogens is 2. The third-order valence-electron chi connectivity index (χ3n) is 4.26. The maximum atomic E-state index is 12.2. The lowest BCUT2D eigenvalue weighted by Crippen LogP contribution is -2.14. The topological polar surface area (TPSA) is 64.1 Å². The van der Waals surface area contributed by atoms with Crippen LogP contribution >= 0.6 is 11.6 Å². The van der Waals surface area contributed by atoms with Gasteiger partial charge in [-0.1, -0.05) is 37.1 Å². The Bertz CT molecular complexity index is 941. The van der Waals surface area contributed by atoms with Crippen molar-refractivity contribution in [2.45, 2.75) is 26.2 Å². The summed E-state index contributed by atoms with van der Waals surface area (Å²) in [6, 6.07) is 16.9. The molecule has 0 unspecified atom stereocenters. The summed E-state index contributed by atoms with van der Waals surface area (Å²) < 4.78 is 5.22. The molecule has 0 bridgehead atoms. The van der Waals surface area contributed by atoms with E-state index in [0.29, 0.717) is 28.8 Å². The molecule has 3 rings (SSSR count). The Kier molecular flexibility index (Phi) is 6.61. The predicted octanol–water partition coefficient (Wildman–Crippen LogP) is 5.60. The number of amides is 1. The first-order valence-corrected chi connectivity index (χ1v) is 9.56. The Labute approximate surface area is 169 Å². The second-order valence-electron chi connectivity index (χ2n) is 6.35. The van der Waals surface area contributed by atoms with Gasteiger partial charge < -0.3 is 4.74 Å². The second-order valence-corrected chi connectivity index (χ2v) is 6.79. The number of carbonyl (C=O) groups is 1. The first kappa shape index (κ1) is 19.8. The molecule has 0 saturated heterocycles. The fourth-order valence-corrected chi connectivity index (χ4v) is 2.83. The molecule has 1 aromatic heterocycles. The van der Waals surface area contributed by atoms with E-state index in [9.17, 15) is 4.79 Å². The lowest BCUT2D eigenvalue weighted by atomic mass is 10.1. The normalized spacial score (nSPS) is 10.5. The number of unbranched alkanes of at least 4 members (excludes halogenated alkanes) is 1. The summed E-state index contributed by atoms with van der Waals surface area (Å²) >= 11 is 6.00. The number of methoxy groups -OCH3 is 1. The Morgan fingerprint density at radius 2 is 1.57 bits per heavy atom. The highest BCUT2D eigenvalue weighted by molar-refractivity contribution is 6.30. The number of halogens is 1. The van der Waals surface area contributed by atoms with Crippen LogP contribution in [-0.2, 0) is 4.79 Å². The van der Waals surface area contributed by atoms with Crippen molar-refractivity contribution in [3.05, 3.63) is 59.6 Å². The van der Waals surface area contributed by atoms with Crippen molar-refractivity contribution in [2.75, 3.05) is 12.4 Å². The molecule has 6 heteroatoms. The first-order chi connectivity index (χ1) is 13.6. The van der Waals surface area contributed by atoms with Gasteiger partial charge >= 0.3 is 0 Å². The third-order valence-corrected chi connectivity index (χ3v) is 4.51. The second kappa shape index (κ2) is 9.33. The van der Waals surface area contributed by atoms with Gasteiger partial charge in [0.25, 0.3) is 0 Å². The van der Waals surface area contributed by atoms with E-state index in [-0.39, 0.29) is 5.91 Å². The molecule has 0 atom stereocenters. The number of carbonyl (C=O) groups excluding carboxylic acids is 1. The molecule has 3 aromatic rings. The molecule has 2 aromatic carbocycles. The molecule has 1 heterocycles. The predicted molar refractivity (Wildman–Crippen MR) is 113 cm³/mol. The van der Waals surface area contributed by atoms with Crippen molar-refractivity contribution in [3.8, 4) is 28.3 Å². The summed E-state index contributed by atoms with van der Waals surface area (Å²) in [5.74, 6) is 0.971. The zero-order chi connectivity index (χ0) is 19.9. The molecule has 28 heavy (non-hydrogen) atoms. The standard InChI is InChI=1S/C22H22ClN3O2/c1-3-4-5-21(27)26-22-24-19(15-6-10-17(23)11-7-15)14-20(25-22)16-8-12-18(28-2)13-9-16/h6-14H,3-5H2,1-2H3,(H,24,25,26,27). The monoisotopic (exact) mass is 395 g/mol. The molecule has 0 fully saturated rings. The van der Waals surface area contributed by atoms with Crippen LogP contribution in [0.5, 0.6) is 5.75 Å². The molecule has 0 saturated carbocycles. The summed E-state index contributed by atoms with van der Waals surface area (Å²) in [7, 11) is 1.63. The van der Waals surface area contributed by atoms with Crippen molar-refractivity contribution in [3.63, 3.8) is 0 Å². The van der Waals surface area contributed by atoms with Gasteiger partial charge in [0.1, 0.15) is 5.75 Å². The zero-order valence-corrected chi connectivity index (χ0v) is 16.7. The van der Waals surface area contributed by atoms with Crippen LogP contribution in [0, 0.1) is 0 Å². The van der Waals surface area contributed by atoms with Gasteiger partial charge in [0.05, 0.1) is 18.5 Å². The summed E-state index contributed by atoms with van der Waals surface area (Å²) in [5.41, 5.74) is 3.23. The molecular formula is C22H22ClN3O2. The fraction of sp³-hybridized carbons (Fsp3) is 0.227. The van der Waals surface area contributed by atoms with Gasteiger partial charge in [0.2, 0.25) is 11.9 Å². The lowest BCUT2D eigenvalue weighted by Gasteiger charge is -2.10. The first-order valence-electron chi connectivity index (χ1n) is 9.18. The molecular weight excluding hydrogens is 374 g/mol. The number of nitrogens with zero attached hydrogens (tertiary/aromatic N) is 2. The summed E-state index contributed by atoms with van der Waals surface area (Å²) in [4.78, 5) is 21.2. The fourth-order valence-electron chi connectivity index (χ4n) is 2.71. The quantitative estimate of drug-likeness (QED) is 0.565. The average molecular weight is 396 g/mol. The molecule has 0 aliphatic rings. The Morgan fingerprint density at radius 3 is 2.11 bits per heavy atom. The molecule has 5 nitrogen and oxygen atoms in total. The van der Waals surface area contributed by atoms with Crippen molar-refractivity contribution < 1.29 is 9.53 Å². The molecule has 0 aliphatic heterocycles. The van der Waals surface area contributed by atoms with Crippen LogP contribution in [0.25, 0.3) is 22.5 Å². The number of ether oxygens (including phenoxy) is 1. The number of rotatable bonds is 7. The minimum atomic E-state index is -0.0872. The third kappa shape index (κ3) is 5.08. The van der Waals surface area contributed by atoms with Crippen LogP contribution in [0.3, 0.4) is 0 Å². The number of benzene rings is 2. The lowest BCUT2D eigenvalue weighted by molar-refractivity contribution is -0.116. The smallest absolute Gasteiger partial charge is 0.230 e. The molecule has 1 N–H and O–H groups in total. The van der Waals surface area contributed by atoms with E-state index < -0.39 is 0 Å². The molecule has 0 aliphatic carbocycles. The van der Waals surface area contributed by atoms with E-state index in [2.05, 4.69) is 15.3 Å². The van der Waals surface area contributed by atoms with Gasteiger partial charge in [-0.05, 0) is 48.9 Å². The average Bonchev–Trinajstić information content (AvgIpc) is 2.72. The van der Waals surface area contributed by atoms with E-state index in [0.717, 1.165) is 29.7 Å². The zero-order valence-electron chi connectivity index (χ0n) is 15.9. The molecule has 1 amide bonds. The van der Waals surface area contributed by atoms with Crippen LogP contribution in [0.2, 0.25) is 5.02 Å². The van der Waals surface area contributed by atoms with Gasteiger partial charge in [-0.3, -0.25) is 10.1 Å². The van der Waals surface area contributed by atoms with Gasteiger partial charge in [-0.25, -0.2) is 9.97 Å². The number of hydrogen-bond donors (Lipinski definition) is 1. The Hall–Kier alpha value is -2.92. The van der Waals surface area contributed by atoms with Crippen LogP contribution in [-0.4, -0.2) is 23.0 Å². The van der Waals surface area contributed by atoms with Crippen molar-refractivity contribution in [2.24, 2.45) is 0 Å². The van der Waals surface area contributed by atoms with E-state index in [1.807, 2.05) is 61.5 Å². The van der Waals surface area contributed by atoms with Gasteiger partial charge in [0.15, 0.2) is 0 Å². The highest BCUT2D eigenvalue weighted by Gasteiger charge is 2.11. The highest BCUT2D eigenvalue weighted by Crippen LogP contribution is 2.27. The maximum Gasteiger partial charge on any atom is 0.230 e. The van der Waals surface area contributed by atoms with Crippen molar-refractivity contribution in [1.82, 2.24) is 9.97 Å². The minimum Gasteiger partial charge on any atom is -0.497 e. The van der Waals surface area contributed by atoms with Gasteiger partial charge in [-0.15, -0.1) is 0 Å². The van der Waals surface area contributed by atoms with Crippen LogP contribution in [0.1, 0.15) is 26.2 Å². The van der Waals surface area contributed by atoms with Crippen molar-refractivity contribution >= 4 is 23.5 Å². The SMILES string of the molecule is CCCCC(=O)Nc1nc(-c2ccc(Cl)cc2)cc(-c2ccc(OC)cc2)n1. The van der Waals surface area contributed by atoms with E-state index in [1.54, 1.807) is 7.11 Å². The molecule has 144 valence electrons. The van der Waals surface area contributed by atoms with E-state index in [4.69, 9.17) is 16.3 Å². The summed E-state index contributed by atoms with van der Waals surface area (Å²) in [6.07, 6.45) is 2.23. The Morgan fingerprint density at radius 1 is 1.00 bits per heavy atom. The number of anilines is 1. The maximum absolute atomic E-state index is 12.2. The van der Waals surface area contributed by atoms with Crippen LogP contribution in [0.4, 0.5) is 5.95 Å². The highest BCUT2D eigenvalue weighted by atomic mass is 35.5. The molecule has 0 spiro atoms. The van der Waals surface area contributed by atoms with Crippen LogP contribution in [0.15, 0.2) is 54.6 Å². The number of nitrogens with one attached hydrogen (secondary N) is 1. The van der Waals surface area contributed by atoms with Crippen LogP contribution < -0.4 is 10.1 Å². The van der Waals surface area contributed by atoms with Crippen molar-refractivity contribution in [1.29, 1.82) is 0 Å². The van der Waals surface area contributed by atoms with E-state index >= 15 is 0 Å². The summed E-state index contributed by atoms with van der Waals surface area (Å²) in [5, 5.41) is 3.47. The van der Waals surface area contributed by atoms with Gasteiger partial charge in [0, 0.05) is 22.6 Å². The summed E-state index contributed by atoms with van der Waals surface area (Å²) in [6.45, 7) is 2.05. The van der Waals surface area contributed by atoms with Gasteiger partial charge in [-0.2, -0.15) is 0 Å². The van der Waals surface area contributed by atoms with E-state index in [1.165, 1.54) is 0 Å².